The molecule has 3 aromatic rings. The fraction of sp³-hybridized carbons (Fsp3) is 0.0476. The zero-order chi connectivity index (χ0) is 18.2. The predicted molar refractivity (Wildman–Crippen MR) is 98.7 cm³/mol. The van der Waals surface area contributed by atoms with Gasteiger partial charge in [0.25, 0.3) is 5.91 Å². The van der Waals surface area contributed by atoms with E-state index in [1.807, 2.05) is 54.6 Å². The fourth-order valence-corrected chi connectivity index (χ4v) is 2.31. The highest BCUT2D eigenvalue weighted by Crippen LogP contribution is 2.17. The number of rotatable bonds is 6. The first-order valence-corrected chi connectivity index (χ1v) is 8.07. The van der Waals surface area contributed by atoms with Gasteiger partial charge in [0.05, 0.1) is 6.21 Å². The molecular weight excluding hydrogens is 331 g/mol. The minimum Gasteiger partial charge on any atom is -0.488 e. The number of para-hydroxylation sites is 1. The topological polar surface area (TPSA) is 50.7 Å². The fourth-order valence-electron chi connectivity index (χ4n) is 2.31. The maximum Gasteiger partial charge on any atom is 0.271 e. The third-order valence-electron chi connectivity index (χ3n) is 3.61. The molecule has 0 saturated heterocycles. The smallest absolute Gasteiger partial charge is 0.271 e. The molecule has 0 saturated carbocycles. The average molecular weight is 348 g/mol. The molecule has 1 N–H and O–H groups in total. The van der Waals surface area contributed by atoms with Gasteiger partial charge >= 0.3 is 0 Å². The molecule has 0 aliphatic carbocycles. The molecular formula is C21H17FN2O2. The van der Waals surface area contributed by atoms with E-state index >= 15 is 0 Å². The van der Waals surface area contributed by atoms with Gasteiger partial charge in [0.15, 0.2) is 0 Å². The Morgan fingerprint density at radius 1 is 1.00 bits per heavy atom. The van der Waals surface area contributed by atoms with Crippen LogP contribution in [0.15, 0.2) is 84.0 Å². The van der Waals surface area contributed by atoms with E-state index in [1.54, 1.807) is 0 Å². The van der Waals surface area contributed by atoms with Crippen LogP contribution in [-0.4, -0.2) is 12.1 Å². The molecule has 5 heteroatoms. The number of nitrogens with zero attached hydrogens (tertiary/aromatic N) is 1. The maximum atomic E-state index is 13.2. The van der Waals surface area contributed by atoms with Crippen LogP contribution in [0, 0.1) is 5.82 Å². The van der Waals surface area contributed by atoms with Gasteiger partial charge in [0.2, 0.25) is 0 Å². The first-order chi connectivity index (χ1) is 12.7. The number of hydrogen-bond acceptors (Lipinski definition) is 3. The van der Waals surface area contributed by atoms with Crippen LogP contribution in [0.4, 0.5) is 4.39 Å². The highest BCUT2D eigenvalue weighted by molar-refractivity contribution is 5.95. The van der Waals surface area contributed by atoms with E-state index in [1.165, 1.54) is 24.4 Å². The lowest BCUT2D eigenvalue weighted by Crippen LogP contribution is -2.17. The van der Waals surface area contributed by atoms with Gasteiger partial charge in [-0.2, -0.15) is 5.10 Å². The first-order valence-electron chi connectivity index (χ1n) is 8.07. The van der Waals surface area contributed by atoms with Crippen LogP contribution in [0.5, 0.6) is 5.75 Å². The van der Waals surface area contributed by atoms with E-state index in [-0.39, 0.29) is 5.56 Å². The Morgan fingerprint density at radius 3 is 2.58 bits per heavy atom. The summed E-state index contributed by atoms with van der Waals surface area (Å²) in [6, 6.07) is 22.6. The van der Waals surface area contributed by atoms with Crippen molar-refractivity contribution in [1.82, 2.24) is 5.43 Å². The van der Waals surface area contributed by atoms with Gasteiger partial charge in [-0.05, 0) is 35.9 Å². The lowest BCUT2D eigenvalue weighted by Gasteiger charge is -2.09. The van der Waals surface area contributed by atoms with Crippen molar-refractivity contribution in [2.75, 3.05) is 0 Å². The first kappa shape index (κ1) is 17.4. The Morgan fingerprint density at radius 2 is 1.77 bits per heavy atom. The van der Waals surface area contributed by atoms with Crippen molar-refractivity contribution in [3.63, 3.8) is 0 Å². The second-order valence-corrected chi connectivity index (χ2v) is 5.52. The van der Waals surface area contributed by atoms with E-state index in [0.29, 0.717) is 12.4 Å². The van der Waals surface area contributed by atoms with Crippen LogP contribution < -0.4 is 10.2 Å². The summed E-state index contributed by atoms with van der Waals surface area (Å²) in [5, 5.41) is 3.94. The van der Waals surface area contributed by atoms with Crippen molar-refractivity contribution >= 4 is 12.1 Å². The van der Waals surface area contributed by atoms with E-state index in [2.05, 4.69) is 10.5 Å². The number of nitrogens with one attached hydrogen (secondary N) is 1. The molecule has 0 radical (unpaired) electrons. The SMILES string of the molecule is O=C(N/N=C/c1ccccc1OCc1ccccc1)c1cccc(F)c1. The van der Waals surface area contributed by atoms with Gasteiger partial charge in [-0.15, -0.1) is 0 Å². The van der Waals surface area contributed by atoms with Gasteiger partial charge in [0, 0.05) is 11.1 Å². The van der Waals surface area contributed by atoms with E-state index in [9.17, 15) is 9.18 Å². The number of halogens is 1. The summed E-state index contributed by atoms with van der Waals surface area (Å²) in [6.45, 7) is 0.432. The van der Waals surface area contributed by atoms with Crippen molar-refractivity contribution in [1.29, 1.82) is 0 Å². The molecule has 0 aliphatic heterocycles. The van der Waals surface area contributed by atoms with Gasteiger partial charge in [-0.1, -0.05) is 48.5 Å². The van der Waals surface area contributed by atoms with Gasteiger partial charge in [-0.25, -0.2) is 9.82 Å². The largest absolute Gasteiger partial charge is 0.488 e. The number of hydrogen-bond donors (Lipinski definition) is 1. The summed E-state index contributed by atoms with van der Waals surface area (Å²) in [4.78, 5) is 12.0. The van der Waals surface area contributed by atoms with Crippen LogP contribution in [0.1, 0.15) is 21.5 Å². The van der Waals surface area contributed by atoms with E-state index in [0.717, 1.165) is 17.2 Å². The predicted octanol–water partition coefficient (Wildman–Crippen LogP) is 4.17. The van der Waals surface area contributed by atoms with Crippen LogP contribution in [0.3, 0.4) is 0 Å². The van der Waals surface area contributed by atoms with Crippen LogP contribution >= 0.6 is 0 Å². The molecule has 1 amide bonds. The molecule has 130 valence electrons. The summed E-state index contributed by atoms with van der Waals surface area (Å²) in [5.74, 6) is -0.301. The molecule has 4 nitrogen and oxygen atoms in total. The number of ether oxygens (including phenoxy) is 1. The minimum absolute atomic E-state index is 0.204. The van der Waals surface area contributed by atoms with Crippen molar-refractivity contribution in [2.24, 2.45) is 5.10 Å². The molecule has 0 fully saturated rings. The number of carbonyl (C=O) groups excluding carboxylic acids is 1. The number of carbonyl (C=O) groups is 1. The molecule has 0 bridgehead atoms. The zero-order valence-electron chi connectivity index (χ0n) is 13.9. The maximum absolute atomic E-state index is 13.2. The standard InChI is InChI=1S/C21H17FN2O2/c22-19-11-6-10-17(13-19)21(25)24-23-14-18-9-4-5-12-20(18)26-15-16-7-2-1-3-8-16/h1-14H,15H2,(H,24,25)/b23-14+. The van der Waals surface area contributed by atoms with Crippen molar-refractivity contribution < 1.29 is 13.9 Å². The van der Waals surface area contributed by atoms with Crippen LogP contribution in [0.25, 0.3) is 0 Å². The van der Waals surface area contributed by atoms with Crippen molar-refractivity contribution in [2.45, 2.75) is 6.61 Å². The third kappa shape index (κ3) is 4.77. The third-order valence-corrected chi connectivity index (χ3v) is 3.61. The van der Waals surface area contributed by atoms with Crippen molar-refractivity contribution in [3.8, 4) is 5.75 Å². The van der Waals surface area contributed by atoms with Gasteiger partial charge in [0.1, 0.15) is 18.2 Å². The molecule has 0 heterocycles. The van der Waals surface area contributed by atoms with E-state index < -0.39 is 11.7 Å². The second-order valence-electron chi connectivity index (χ2n) is 5.52. The lowest BCUT2D eigenvalue weighted by atomic mass is 10.2. The minimum atomic E-state index is -0.483. The molecule has 3 rings (SSSR count). The molecule has 0 atom stereocenters. The number of hydrazone groups is 1. The number of amides is 1. The monoisotopic (exact) mass is 348 g/mol. The van der Waals surface area contributed by atoms with Gasteiger partial charge < -0.3 is 4.74 Å². The summed E-state index contributed by atoms with van der Waals surface area (Å²) in [5.41, 5.74) is 4.37. The summed E-state index contributed by atoms with van der Waals surface area (Å²) < 4.78 is 19.0. The molecule has 0 spiro atoms. The number of benzene rings is 3. The Labute approximate surface area is 150 Å². The molecule has 0 unspecified atom stereocenters. The summed E-state index contributed by atoms with van der Waals surface area (Å²) in [7, 11) is 0. The Hall–Kier alpha value is -3.47. The van der Waals surface area contributed by atoms with Crippen LogP contribution in [-0.2, 0) is 6.61 Å². The average Bonchev–Trinajstić information content (AvgIpc) is 2.68. The quantitative estimate of drug-likeness (QED) is 0.537. The second kappa shape index (κ2) is 8.58. The highest BCUT2D eigenvalue weighted by Gasteiger charge is 2.05. The molecule has 0 aliphatic rings. The zero-order valence-corrected chi connectivity index (χ0v) is 13.9. The van der Waals surface area contributed by atoms with Gasteiger partial charge in [-0.3, -0.25) is 4.79 Å². The molecule has 3 aromatic carbocycles. The van der Waals surface area contributed by atoms with Crippen LogP contribution in [0.2, 0.25) is 0 Å². The molecule has 26 heavy (non-hydrogen) atoms. The Balaban J connectivity index is 1.64. The van der Waals surface area contributed by atoms with E-state index in [4.69, 9.17) is 4.74 Å². The Bertz CT molecular complexity index is 911. The van der Waals surface area contributed by atoms with Crippen molar-refractivity contribution in [3.05, 3.63) is 101 Å². The summed E-state index contributed by atoms with van der Waals surface area (Å²) in [6.07, 6.45) is 1.50. The highest BCUT2D eigenvalue weighted by atomic mass is 19.1. The normalized spacial score (nSPS) is 10.7. The summed E-state index contributed by atoms with van der Waals surface area (Å²) >= 11 is 0. The Kier molecular flexibility index (Phi) is 5.72. The lowest BCUT2D eigenvalue weighted by molar-refractivity contribution is 0.0954. The molecule has 0 aromatic heterocycles.